The Bertz CT molecular complexity index is 789. The molecule has 0 aliphatic carbocycles. The molecule has 2 N–H and O–H groups in total. The van der Waals surface area contributed by atoms with Gasteiger partial charge in [-0.2, -0.15) is 5.26 Å². The molecule has 3 unspecified atom stereocenters. The first-order valence-corrected chi connectivity index (χ1v) is 16.9. The molecule has 9 nitrogen and oxygen atoms in total. The van der Waals surface area contributed by atoms with Crippen molar-refractivity contribution in [3.05, 3.63) is 0 Å². The van der Waals surface area contributed by atoms with Crippen LogP contribution >= 0.6 is 0 Å². The normalized spacial score (nSPS) is 18.3. The number of aliphatic hydroxyl groups is 2. The van der Waals surface area contributed by atoms with Gasteiger partial charge in [-0.25, -0.2) is 0 Å². The minimum Gasteiger partial charge on any atom is -0.393 e. The lowest BCUT2D eigenvalue weighted by atomic mass is 9.95. The average Bonchev–Trinajstić information content (AvgIpc) is 3.85. The highest BCUT2D eigenvalue weighted by atomic mass is 16.6. The summed E-state index contributed by atoms with van der Waals surface area (Å²) in [5.41, 5.74) is 0. The third-order valence-electron chi connectivity index (χ3n) is 6.78. The minimum absolute atomic E-state index is 0.175. The molecule has 3 heterocycles. The maximum Gasteiger partial charge on any atom is 0.166 e. The van der Waals surface area contributed by atoms with Crippen molar-refractivity contribution >= 4 is 17.3 Å². The van der Waals surface area contributed by atoms with Crippen LogP contribution in [0, 0.1) is 52.8 Å². The highest BCUT2D eigenvalue weighted by Crippen LogP contribution is 2.19. The number of ether oxygens (including phenoxy) is 3. The maximum atomic E-state index is 10.9. The molecule has 3 rings (SSSR count). The second kappa shape index (κ2) is 28.5. The largest absolute Gasteiger partial charge is 0.393 e. The standard InChI is InChI=1S/C7H12O2.C6H12O3.3C6H12O.C5H9N/c1-5(2)7(8)3-6-4-9-6;1-4(2)6(9)5(8)3-7;1-5(2)6-3-7-4-6;1-5(2)3-6-4-7-6;1-4-6(7)5(2)3;1-5(2)3-4-6/h5-6H,3-4H2,1-2H3;4-5,7-8H,3H2,1-2H3;2*5-6H,3-4H2,1-2H3;5H,4H2,1-3H3;5H,3H2,1-2H3. The van der Waals surface area contributed by atoms with Gasteiger partial charge in [-0.05, 0) is 24.2 Å². The van der Waals surface area contributed by atoms with Crippen molar-refractivity contribution in [2.45, 2.75) is 134 Å². The molecule has 0 radical (unpaired) electrons. The van der Waals surface area contributed by atoms with Gasteiger partial charge in [0.1, 0.15) is 17.7 Å². The topological polar surface area (TPSA) is 150 Å². The fourth-order valence-corrected chi connectivity index (χ4v) is 3.08. The molecular formula is C36H69NO8. The van der Waals surface area contributed by atoms with Crippen LogP contribution in [0.1, 0.15) is 116 Å². The van der Waals surface area contributed by atoms with Crippen LogP contribution in [0.3, 0.4) is 0 Å². The number of aliphatic hydroxyl groups excluding tert-OH is 2. The third kappa shape index (κ3) is 33.5. The zero-order valence-electron chi connectivity index (χ0n) is 30.9. The smallest absolute Gasteiger partial charge is 0.166 e. The van der Waals surface area contributed by atoms with Crippen molar-refractivity contribution in [2.24, 2.45) is 41.4 Å². The van der Waals surface area contributed by atoms with E-state index in [9.17, 15) is 14.4 Å². The van der Waals surface area contributed by atoms with E-state index in [1.807, 2.05) is 48.5 Å². The van der Waals surface area contributed by atoms with E-state index in [-0.39, 0.29) is 29.6 Å². The molecule has 0 aromatic heterocycles. The van der Waals surface area contributed by atoms with Crippen molar-refractivity contribution in [2.75, 3.05) is 33.0 Å². The molecule has 0 saturated carbocycles. The van der Waals surface area contributed by atoms with E-state index in [0.29, 0.717) is 42.9 Å². The number of nitrogens with zero attached hydrogens (tertiary/aromatic N) is 1. The van der Waals surface area contributed by atoms with Crippen LogP contribution in [0.15, 0.2) is 0 Å². The summed E-state index contributed by atoms with van der Waals surface area (Å²) in [6.07, 6.45) is 2.93. The van der Waals surface area contributed by atoms with E-state index in [1.54, 1.807) is 13.8 Å². The summed E-state index contributed by atoms with van der Waals surface area (Å²) < 4.78 is 14.9. The van der Waals surface area contributed by atoms with Gasteiger partial charge in [0.15, 0.2) is 5.78 Å². The number of rotatable bonds is 12. The molecule has 3 atom stereocenters. The van der Waals surface area contributed by atoms with Gasteiger partial charge in [-0.15, -0.1) is 0 Å². The fraction of sp³-hybridized carbons (Fsp3) is 0.889. The molecule has 9 heteroatoms. The van der Waals surface area contributed by atoms with Crippen molar-refractivity contribution in [3.63, 3.8) is 0 Å². The minimum atomic E-state index is -1.19. The Morgan fingerprint density at radius 3 is 1.33 bits per heavy atom. The number of ketones is 3. The number of carbonyl (C=O) groups excluding carboxylic acids is 3. The lowest BCUT2D eigenvalue weighted by Crippen LogP contribution is -2.31. The van der Waals surface area contributed by atoms with Gasteiger partial charge < -0.3 is 24.4 Å². The Balaban J connectivity index is -0.000000473. The summed E-state index contributed by atoms with van der Waals surface area (Å²) >= 11 is 0. The zero-order valence-corrected chi connectivity index (χ0v) is 30.9. The second-order valence-electron chi connectivity index (χ2n) is 13.9. The Morgan fingerprint density at radius 1 is 0.756 bits per heavy atom. The van der Waals surface area contributed by atoms with Crippen molar-refractivity contribution in [3.8, 4) is 6.07 Å². The van der Waals surface area contributed by atoms with Crippen molar-refractivity contribution in [1.82, 2.24) is 0 Å². The molecular weight excluding hydrogens is 574 g/mol. The summed E-state index contributed by atoms with van der Waals surface area (Å²) in [4.78, 5) is 32.1. The van der Waals surface area contributed by atoms with Crippen molar-refractivity contribution < 1.29 is 38.8 Å². The Hall–Kier alpha value is -1.70. The van der Waals surface area contributed by atoms with Gasteiger partial charge in [-0.1, -0.05) is 90.0 Å². The van der Waals surface area contributed by atoms with E-state index in [0.717, 1.165) is 44.2 Å². The summed E-state index contributed by atoms with van der Waals surface area (Å²) in [7, 11) is 0. The van der Waals surface area contributed by atoms with E-state index in [4.69, 9.17) is 29.7 Å². The third-order valence-corrected chi connectivity index (χ3v) is 6.78. The van der Waals surface area contributed by atoms with E-state index >= 15 is 0 Å². The Kier molecular flexibility index (Phi) is 30.2. The SMILES string of the molecule is CC(C)C(=O)C(O)CO.CC(C)C(=O)CC1CO1.CC(C)C1COC1.CC(C)CC#N.CC(C)CC1CO1.CCC(=O)C(C)C. The van der Waals surface area contributed by atoms with Gasteiger partial charge in [0.25, 0.3) is 0 Å². The van der Waals surface area contributed by atoms with Crippen molar-refractivity contribution in [1.29, 1.82) is 5.26 Å². The molecule has 0 aromatic carbocycles. The summed E-state index contributed by atoms with van der Waals surface area (Å²) in [5, 5.41) is 25.0. The molecule has 0 aromatic rings. The molecule has 0 bridgehead atoms. The maximum absolute atomic E-state index is 10.9. The number of epoxide rings is 2. The first-order valence-electron chi connectivity index (χ1n) is 16.9. The fourth-order valence-electron chi connectivity index (χ4n) is 3.08. The van der Waals surface area contributed by atoms with Gasteiger partial charge in [-0.3, -0.25) is 14.4 Å². The van der Waals surface area contributed by atoms with Gasteiger partial charge >= 0.3 is 0 Å². The van der Waals surface area contributed by atoms with Crippen LogP contribution in [0.4, 0.5) is 0 Å². The number of carbonyl (C=O) groups is 3. The van der Waals surface area contributed by atoms with Crippen LogP contribution in [0.5, 0.6) is 0 Å². The molecule has 3 aliphatic heterocycles. The summed E-state index contributed by atoms with van der Waals surface area (Å²) in [5.74, 6) is 3.59. The first-order chi connectivity index (χ1) is 20.8. The van der Waals surface area contributed by atoms with Gasteiger partial charge in [0, 0.05) is 42.9 Å². The monoisotopic (exact) mass is 644 g/mol. The molecule has 3 saturated heterocycles. The number of nitriles is 1. The molecule has 266 valence electrons. The zero-order chi connectivity index (χ0) is 35.7. The second-order valence-corrected chi connectivity index (χ2v) is 13.9. The molecule has 0 spiro atoms. The summed E-state index contributed by atoms with van der Waals surface area (Å²) in [6, 6.07) is 2.07. The highest BCUT2D eigenvalue weighted by molar-refractivity contribution is 5.84. The van der Waals surface area contributed by atoms with Crippen LogP contribution in [-0.4, -0.2) is 78.9 Å². The lowest BCUT2D eigenvalue weighted by Gasteiger charge is -2.29. The summed E-state index contributed by atoms with van der Waals surface area (Å²) in [6.45, 7) is 29.3. The molecule has 3 fully saturated rings. The number of hydrogen-bond acceptors (Lipinski definition) is 9. The Morgan fingerprint density at radius 2 is 1.22 bits per heavy atom. The molecule has 3 aliphatic rings. The lowest BCUT2D eigenvalue weighted by molar-refractivity contribution is -0.132. The number of hydrogen-bond donors (Lipinski definition) is 2. The van der Waals surface area contributed by atoms with Gasteiger partial charge in [0.2, 0.25) is 0 Å². The predicted molar refractivity (Wildman–Crippen MR) is 181 cm³/mol. The van der Waals surface area contributed by atoms with E-state index < -0.39 is 12.7 Å². The van der Waals surface area contributed by atoms with Crippen LogP contribution < -0.4 is 0 Å². The van der Waals surface area contributed by atoms with Gasteiger partial charge in [0.05, 0.1) is 51.3 Å². The quantitative estimate of drug-likeness (QED) is 0.228. The van der Waals surface area contributed by atoms with Crippen LogP contribution in [0.25, 0.3) is 0 Å². The van der Waals surface area contributed by atoms with Crippen LogP contribution in [0.2, 0.25) is 0 Å². The van der Waals surface area contributed by atoms with E-state index in [2.05, 4.69) is 33.8 Å². The van der Waals surface area contributed by atoms with E-state index in [1.165, 1.54) is 6.42 Å². The van der Waals surface area contributed by atoms with Crippen LogP contribution in [-0.2, 0) is 28.6 Å². The highest BCUT2D eigenvalue weighted by Gasteiger charge is 2.26. The Labute approximate surface area is 275 Å². The average molecular weight is 644 g/mol. The predicted octanol–water partition coefficient (Wildman–Crippen LogP) is 6.46. The number of Topliss-reactive ketones (excluding diaryl/α,β-unsaturated/α-hetero) is 3. The first kappa shape index (κ1) is 47.7. The molecule has 45 heavy (non-hydrogen) atoms. The molecule has 0 amide bonds.